The van der Waals surface area contributed by atoms with Gasteiger partial charge in [0.15, 0.2) is 22.6 Å². The van der Waals surface area contributed by atoms with E-state index in [1.165, 1.54) is 7.11 Å². The number of fused-ring (bicyclic) bond motifs is 4. The fourth-order valence-corrected chi connectivity index (χ4v) is 8.23. The van der Waals surface area contributed by atoms with Gasteiger partial charge in [-0.15, -0.1) is 0 Å². The number of carbonyl (C=O) groups excluding carboxylic acids is 3. The van der Waals surface area contributed by atoms with Gasteiger partial charge in [0, 0.05) is 6.42 Å². The number of aliphatic hydroxyl groups is 2. The van der Waals surface area contributed by atoms with Crippen molar-refractivity contribution in [3.63, 3.8) is 0 Å². The summed E-state index contributed by atoms with van der Waals surface area (Å²) in [6.45, 7) is 13.9. The van der Waals surface area contributed by atoms with Crippen molar-refractivity contribution in [2.75, 3.05) is 7.11 Å². The van der Waals surface area contributed by atoms with Crippen LogP contribution in [-0.2, 0) is 23.9 Å². The smallest absolute Gasteiger partial charge is 0.324 e. The summed E-state index contributed by atoms with van der Waals surface area (Å²) in [7, 11) is 1.17. The Balaban J connectivity index is 2.39. The van der Waals surface area contributed by atoms with E-state index in [1.54, 1.807) is 27.7 Å². The molecule has 0 spiro atoms. The van der Waals surface area contributed by atoms with E-state index < -0.39 is 62.3 Å². The molecule has 3 aliphatic carbocycles. The van der Waals surface area contributed by atoms with Gasteiger partial charge in [-0.2, -0.15) is 0 Å². The van der Waals surface area contributed by atoms with Crippen molar-refractivity contribution >= 4 is 23.5 Å². The Morgan fingerprint density at radius 1 is 1.15 bits per heavy atom. The first kappa shape index (κ1) is 26.5. The van der Waals surface area contributed by atoms with Crippen LogP contribution in [0.25, 0.3) is 0 Å². The zero-order chi connectivity index (χ0) is 26.3. The van der Waals surface area contributed by atoms with E-state index in [9.17, 15) is 34.5 Å². The van der Waals surface area contributed by atoms with Crippen LogP contribution in [0.1, 0.15) is 73.6 Å². The highest BCUT2D eigenvalue weighted by atomic mass is 16.5. The average molecular weight is 479 g/mol. The summed E-state index contributed by atoms with van der Waals surface area (Å²) >= 11 is 0. The van der Waals surface area contributed by atoms with Crippen LogP contribution in [0.15, 0.2) is 12.2 Å². The highest BCUT2D eigenvalue weighted by molar-refractivity contribution is 6.26. The molecular formula is C26H38O8. The van der Waals surface area contributed by atoms with Gasteiger partial charge in [-0.25, -0.2) is 0 Å². The molecule has 3 N–H and O–H groups in total. The Hall–Kier alpha value is -2.06. The van der Waals surface area contributed by atoms with Crippen molar-refractivity contribution in [3.05, 3.63) is 12.2 Å². The Labute approximate surface area is 200 Å². The molecule has 8 nitrogen and oxygen atoms in total. The summed E-state index contributed by atoms with van der Waals surface area (Å²) in [6, 6.07) is 0. The third-order valence-electron chi connectivity index (χ3n) is 9.85. The van der Waals surface area contributed by atoms with Gasteiger partial charge >= 0.3 is 11.9 Å². The summed E-state index contributed by atoms with van der Waals surface area (Å²) in [6.07, 6.45) is 0.938. The van der Waals surface area contributed by atoms with Crippen LogP contribution in [0.4, 0.5) is 0 Å². The van der Waals surface area contributed by atoms with Gasteiger partial charge in [0.05, 0.1) is 18.1 Å². The lowest BCUT2D eigenvalue weighted by molar-refractivity contribution is -0.223. The van der Waals surface area contributed by atoms with Crippen molar-refractivity contribution in [3.8, 4) is 0 Å². The summed E-state index contributed by atoms with van der Waals surface area (Å²) in [5.41, 5.74) is -8.79. The summed E-state index contributed by atoms with van der Waals surface area (Å²) in [5.74, 6) is -4.38. The summed E-state index contributed by atoms with van der Waals surface area (Å²) in [5, 5.41) is 31.7. The lowest BCUT2D eigenvalue weighted by atomic mass is 9.31. The van der Waals surface area contributed by atoms with Crippen LogP contribution in [0.5, 0.6) is 0 Å². The first-order valence-corrected chi connectivity index (χ1v) is 11.8. The summed E-state index contributed by atoms with van der Waals surface area (Å²) < 4.78 is 5.17. The molecule has 7 unspecified atom stereocenters. The third-order valence-corrected chi connectivity index (χ3v) is 9.85. The fraction of sp³-hybridized carbons (Fsp3) is 0.769. The van der Waals surface area contributed by atoms with Crippen molar-refractivity contribution in [1.29, 1.82) is 0 Å². The predicted octanol–water partition coefficient (Wildman–Crippen LogP) is 2.69. The van der Waals surface area contributed by atoms with Gasteiger partial charge in [0.1, 0.15) is 0 Å². The largest absolute Gasteiger partial charge is 0.481 e. The molecule has 0 aromatic rings. The fourth-order valence-electron chi connectivity index (χ4n) is 8.23. The Bertz CT molecular complexity index is 964. The van der Waals surface area contributed by atoms with E-state index >= 15 is 0 Å². The van der Waals surface area contributed by atoms with E-state index in [0.717, 1.165) is 6.92 Å². The molecule has 0 aliphatic heterocycles. The summed E-state index contributed by atoms with van der Waals surface area (Å²) in [4.78, 5) is 52.8. The maximum Gasteiger partial charge on any atom is 0.324 e. The van der Waals surface area contributed by atoms with Crippen LogP contribution in [0, 0.1) is 33.5 Å². The zero-order valence-corrected chi connectivity index (χ0v) is 21.3. The number of hydrogen-bond donors (Lipinski definition) is 3. The molecule has 2 bridgehead atoms. The van der Waals surface area contributed by atoms with Gasteiger partial charge < -0.3 is 20.1 Å². The van der Waals surface area contributed by atoms with Crippen LogP contribution in [0.2, 0.25) is 0 Å². The number of carboxylic acids is 1. The highest BCUT2D eigenvalue weighted by Crippen LogP contribution is 2.75. The Morgan fingerprint density at radius 3 is 2.18 bits per heavy atom. The number of hydrogen-bond acceptors (Lipinski definition) is 7. The monoisotopic (exact) mass is 478 g/mol. The standard InChI is InChI=1S/C26H38O8/c1-14-23(5)13-16-22(4,11-10-17(27)28)15(21(2,3)32)9-12-24(16,6)26(14,20(31)34-8)19(30)25(7,33)18(23)29/h15-16,32-33H,1,9-13H2,2-8H3,(H,27,28). The molecule has 34 heavy (non-hydrogen) atoms. The van der Waals surface area contributed by atoms with E-state index in [-0.39, 0.29) is 30.8 Å². The van der Waals surface area contributed by atoms with E-state index in [2.05, 4.69) is 6.58 Å². The number of ketones is 2. The molecule has 0 aromatic carbocycles. The average Bonchev–Trinajstić information content (AvgIpc) is 2.72. The van der Waals surface area contributed by atoms with Crippen molar-refractivity contribution in [1.82, 2.24) is 0 Å². The zero-order valence-electron chi connectivity index (χ0n) is 21.3. The first-order valence-electron chi connectivity index (χ1n) is 11.8. The first-order chi connectivity index (χ1) is 15.3. The molecule has 3 saturated carbocycles. The van der Waals surface area contributed by atoms with Gasteiger partial charge in [0.25, 0.3) is 0 Å². The molecule has 0 saturated heterocycles. The molecule has 0 aromatic heterocycles. The second-order valence-electron chi connectivity index (χ2n) is 12.1. The number of esters is 1. The van der Waals surface area contributed by atoms with Gasteiger partial charge in [0.2, 0.25) is 0 Å². The maximum absolute atomic E-state index is 14.0. The number of carbonyl (C=O) groups is 4. The quantitative estimate of drug-likeness (QED) is 0.311. The number of methoxy groups -OCH3 is 1. The predicted molar refractivity (Wildman–Crippen MR) is 123 cm³/mol. The molecule has 190 valence electrons. The lowest BCUT2D eigenvalue weighted by Gasteiger charge is -2.70. The minimum atomic E-state index is -2.40. The Morgan fingerprint density at radius 2 is 1.71 bits per heavy atom. The van der Waals surface area contributed by atoms with Crippen LogP contribution in [-0.4, -0.2) is 57.1 Å². The molecule has 3 rings (SSSR count). The van der Waals surface area contributed by atoms with Crippen molar-refractivity contribution < 1.29 is 39.2 Å². The van der Waals surface area contributed by atoms with Crippen LogP contribution >= 0.6 is 0 Å². The number of rotatable bonds is 5. The van der Waals surface area contributed by atoms with Gasteiger partial charge in [-0.1, -0.05) is 20.4 Å². The van der Waals surface area contributed by atoms with E-state index in [4.69, 9.17) is 4.74 Å². The van der Waals surface area contributed by atoms with Gasteiger partial charge in [-0.3, -0.25) is 19.2 Å². The lowest BCUT2D eigenvalue weighted by Crippen LogP contribution is -2.77. The topological polar surface area (TPSA) is 138 Å². The molecule has 3 fully saturated rings. The minimum absolute atomic E-state index is 0.134. The number of carboxylic acid groups (broad SMARTS) is 1. The van der Waals surface area contributed by atoms with Crippen molar-refractivity contribution in [2.24, 2.45) is 33.5 Å². The molecule has 0 amide bonds. The third kappa shape index (κ3) is 2.97. The van der Waals surface area contributed by atoms with Gasteiger partial charge in [-0.05, 0) is 81.6 Å². The molecule has 0 heterocycles. The molecule has 7 atom stereocenters. The molecule has 8 heteroatoms. The van der Waals surface area contributed by atoms with Crippen LogP contribution in [0.3, 0.4) is 0 Å². The maximum atomic E-state index is 14.0. The normalized spacial score (nSPS) is 44.4. The molecular weight excluding hydrogens is 440 g/mol. The second-order valence-corrected chi connectivity index (χ2v) is 12.1. The minimum Gasteiger partial charge on any atom is -0.481 e. The Kier molecular flexibility index (Phi) is 5.83. The second kappa shape index (κ2) is 7.47. The van der Waals surface area contributed by atoms with E-state index in [1.807, 2.05) is 6.92 Å². The van der Waals surface area contributed by atoms with E-state index in [0.29, 0.717) is 12.8 Å². The number of aliphatic carboxylic acids is 1. The molecule has 0 radical (unpaired) electrons. The number of Topliss-reactive ketones (excluding diaryl/α,β-unsaturated/α-hetero) is 2. The highest BCUT2D eigenvalue weighted by Gasteiger charge is 2.80. The number of ether oxygens (including phenoxy) is 1. The molecule has 3 aliphatic rings. The van der Waals surface area contributed by atoms with Crippen molar-refractivity contribution in [2.45, 2.75) is 84.8 Å². The van der Waals surface area contributed by atoms with Crippen LogP contribution < -0.4 is 0 Å². The SMILES string of the molecule is C=C1C2(C)CC3C(C)(CCC(=O)O)C(C(C)(C)O)CCC3(C)C1(C(=O)OC)C(=O)C(C)(O)C2=O.